The highest BCUT2D eigenvalue weighted by Gasteiger charge is 2.24. The number of carbonyl (C=O) groups is 1. The van der Waals surface area contributed by atoms with Crippen molar-refractivity contribution in [2.45, 2.75) is 12.0 Å². The molecular formula is C16H15Cl2NO3. The van der Waals surface area contributed by atoms with Gasteiger partial charge in [-0.05, 0) is 23.3 Å². The predicted molar refractivity (Wildman–Crippen MR) is 86.6 cm³/mol. The zero-order valence-corrected chi connectivity index (χ0v) is 13.1. The van der Waals surface area contributed by atoms with Crippen LogP contribution in [0.3, 0.4) is 0 Å². The monoisotopic (exact) mass is 339 g/mol. The molecule has 3 N–H and O–H groups in total. The highest BCUT2D eigenvalue weighted by Crippen LogP contribution is 2.33. The van der Waals surface area contributed by atoms with Gasteiger partial charge in [0.05, 0.1) is 16.1 Å². The molecule has 1 amide bonds. The molecule has 0 fully saturated rings. The van der Waals surface area contributed by atoms with E-state index >= 15 is 0 Å². The maximum atomic E-state index is 10.8. The van der Waals surface area contributed by atoms with Crippen LogP contribution in [0.2, 0.25) is 10.0 Å². The van der Waals surface area contributed by atoms with Crippen molar-refractivity contribution in [1.29, 1.82) is 0 Å². The van der Waals surface area contributed by atoms with Gasteiger partial charge in [0.25, 0.3) is 0 Å². The summed E-state index contributed by atoms with van der Waals surface area (Å²) in [5, 5.41) is 22.5. The first kappa shape index (κ1) is 16.6. The fraction of sp³-hybridized carbons (Fsp3) is 0.188. The molecule has 0 aromatic heterocycles. The summed E-state index contributed by atoms with van der Waals surface area (Å²) in [6.45, 7) is 0.0589. The lowest BCUT2D eigenvalue weighted by molar-refractivity contribution is 0.140. The third kappa shape index (κ3) is 4.13. The van der Waals surface area contributed by atoms with Gasteiger partial charge in [-0.25, -0.2) is 4.79 Å². The summed E-state index contributed by atoms with van der Waals surface area (Å²) >= 11 is 11.9. The molecule has 4 nitrogen and oxygen atoms in total. The number of halogens is 2. The van der Waals surface area contributed by atoms with Crippen LogP contribution in [0.5, 0.6) is 0 Å². The van der Waals surface area contributed by atoms with Crippen LogP contribution in [-0.2, 0) is 0 Å². The van der Waals surface area contributed by atoms with E-state index in [2.05, 4.69) is 5.32 Å². The Bertz CT molecular complexity index is 649. The van der Waals surface area contributed by atoms with Crippen LogP contribution in [0.1, 0.15) is 23.1 Å². The highest BCUT2D eigenvalue weighted by molar-refractivity contribution is 6.42. The van der Waals surface area contributed by atoms with Crippen molar-refractivity contribution in [2.24, 2.45) is 0 Å². The third-order valence-electron chi connectivity index (χ3n) is 3.37. The van der Waals surface area contributed by atoms with E-state index in [9.17, 15) is 9.90 Å². The van der Waals surface area contributed by atoms with E-state index in [-0.39, 0.29) is 6.54 Å². The molecule has 0 saturated carbocycles. The summed E-state index contributed by atoms with van der Waals surface area (Å²) in [7, 11) is 0. The zero-order valence-electron chi connectivity index (χ0n) is 11.5. The lowest BCUT2D eigenvalue weighted by Crippen LogP contribution is -2.29. The molecule has 22 heavy (non-hydrogen) atoms. The number of aliphatic hydroxyl groups excluding tert-OH is 1. The molecule has 0 bridgehead atoms. The van der Waals surface area contributed by atoms with Gasteiger partial charge in [0, 0.05) is 12.5 Å². The lowest BCUT2D eigenvalue weighted by Gasteiger charge is -2.24. The molecule has 0 aliphatic carbocycles. The Labute approximate surface area is 138 Å². The molecule has 2 atom stereocenters. The third-order valence-corrected chi connectivity index (χ3v) is 4.11. The smallest absolute Gasteiger partial charge is 0.404 e. The van der Waals surface area contributed by atoms with Gasteiger partial charge in [0.1, 0.15) is 0 Å². The average molecular weight is 340 g/mol. The number of benzene rings is 2. The molecule has 2 rings (SSSR count). The van der Waals surface area contributed by atoms with E-state index in [1.807, 2.05) is 18.2 Å². The first-order valence-electron chi connectivity index (χ1n) is 6.64. The number of amides is 1. The van der Waals surface area contributed by atoms with Crippen LogP contribution in [0.25, 0.3) is 0 Å². The average Bonchev–Trinajstić information content (AvgIpc) is 2.51. The highest BCUT2D eigenvalue weighted by atomic mass is 35.5. The van der Waals surface area contributed by atoms with Crippen molar-refractivity contribution in [1.82, 2.24) is 5.32 Å². The Kier molecular flexibility index (Phi) is 5.66. The van der Waals surface area contributed by atoms with Gasteiger partial charge in [-0.15, -0.1) is 0 Å². The Morgan fingerprint density at radius 1 is 1.05 bits per heavy atom. The SMILES string of the molecule is O=C(O)NC[C@@H](c1ccc(Cl)c(Cl)c1)[C@H](O)c1ccccc1. The van der Waals surface area contributed by atoms with Crippen LogP contribution in [0, 0.1) is 0 Å². The lowest BCUT2D eigenvalue weighted by atomic mass is 9.89. The molecule has 0 aliphatic rings. The van der Waals surface area contributed by atoms with Gasteiger partial charge in [-0.3, -0.25) is 0 Å². The predicted octanol–water partition coefficient (Wildman–Crippen LogP) is 4.08. The zero-order chi connectivity index (χ0) is 16.1. The number of rotatable bonds is 5. The van der Waals surface area contributed by atoms with Crippen LogP contribution in [-0.4, -0.2) is 22.9 Å². The van der Waals surface area contributed by atoms with Crippen molar-refractivity contribution < 1.29 is 15.0 Å². The Balaban J connectivity index is 2.33. The molecule has 0 saturated heterocycles. The largest absolute Gasteiger partial charge is 0.465 e. The van der Waals surface area contributed by atoms with Gasteiger partial charge in [-0.2, -0.15) is 0 Å². The summed E-state index contributed by atoms with van der Waals surface area (Å²) in [6.07, 6.45) is -2.02. The molecule has 0 unspecified atom stereocenters. The molecule has 0 heterocycles. The minimum Gasteiger partial charge on any atom is -0.465 e. The number of aliphatic hydroxyl groups is 1. The molecule has 2 aromatic carbocycles. The molecule has 0 spiro atoms. The summed E-state index contributed by atoms with van der Waals surface area (Å²) in [5.41, 5.74) is 1.41. The van der Waals surface area contributed by atoms with Crippen LogP contribution in [0.15, 0.2) is 48.5 Å². The standard InChI is InChI=1S/C16H15Cl2NO3/c17-13-7-6-11(8-14(13)18)12(9-19-16(21)22)15(20)10-4-2-1-3-5-10/h1-8,12,15,19-20H,9H2,(H,21,22)/t12-,15+/m0/s1. The summed E-state index contributed by atoms with van der Waals surface area (Å²) in [6, 6.07) is 14.1. The van der Waals surface area contributed by atoms with E-state index in [0.717, 1.165) is 0 Å². The number of nitrogens with one attached hydrogen (secondary N) is 1. The van der Waals surface area contributed by atoms with Gasteiger partial charge in [0.15, 0.2) is 0 Å². The van der Waals surface area contributed by atoms with Crippen molar-refractivity contribution in [3.05, 3.63) is 69.7 Å². The van der Waals surface area contributed by atoms with Crippen molar-refractivity contribution in [3.8, 4) is 0 Å². The molecule has 0 radical (unpaired) electrons. The summed E-state index contributed by atoms with van der Waals surface area (Å²) in [5.74, 6) is -0.478. The van der Waals surface area contributed by atoms with Gasteiger partial charge < -0.3 is 15.5 Å². The number of hydrogen-bond donors (Lipinski definition) is 3. The second-order valence-corrected chi connectivity index (χ2v) is 5.64. The molecule has 0 aliphatic heterocycles. The minimum absolute atomic E-state index is 0.0589. The van der Waals surface area contributed by atoms with E-state index < -0.39 is 18.1 Å². The quantitative estimate of drug-likeness (QED) is 0.768. The second kappa shape index (κ2) is 7.49. The molecule has 6 heteroatoms. The van der Waals surface area contributed by atoms with Gasteiger partial charge in [0.2, 0.25) is 0 Å². The first-order valence-corrected chi connectivity index (χ1v) is 7.39. The first-order chi connectivity index (χ1) is 10.5. The Morgan fingerprint density at radius 3 is 2.32 bits per heavy atom. The Hall–Kier alpha value is -1.75. The van der Waals surface area contributed by atoms with Crippen LogP contribution >= 0.6 is 23.2 Å². The maximum absolute atomic E-state index is 10.8. The maximum Gasteiger partial charge on any atom is 0.404 e. The number of hydrogen-bond acceptors (Lipinski definition) is 2. The normalized spacial score (nSPS) is 13.4. The summed E-state index contributed by atoms with van der Waals surface area (Å²) < 4.78 is 0. The molecule has 116 valence electrons. The van der Waals surface area contributed by atoms with Crippen molar-refractivity contribution >= 4 is 29.3 Å². The van der Waals surface area contributed by atoms with E-state index in [1.165, 1.54) is 0 Å². The van der Waals surface area contributed by atoms with E-state index in [1.54, 1.807) is 30.3 Å². The summed E-state index contributed by atoms with van der Waals surface area (Å²) in [4.78, 5) is 10.8. The minimum atomic E-state index is -1.15. The van der Waals surface area contributed by atoms with Crippen molar-refractivity contribution in [3.63, 3.8) is 0 Å². The Morgan fingerprint density at radius 2 is 1.73 bits per heavy atom. The van der Waals surface area contributed by atoms with E-state index in [4.69, 9.17) is 28.3 Å². The van der Waals surface area contributed by atoms with Crippen LogP contribution in [0.4, 0.5) is 4.79 Å². The molecular weight excluding hydrogens is 325 g/mol. The van der Waals surface area contributed by atoms with Gasteiger partial charge in [-0.1, -0.05) is 59.6 Å². The van der Waals surface area contributed by atoms with Crippen molar-refractivity contribution in [2.75, 3.05) is 6.54 Å². The fourth-order valence-corrected chi connectivity index (χ4v) is 2.54. The van der Waals surface area contributed by atoms with Crippen LogP contribution < -0.4 is 5.32 Å². The second-order valence-electron chi connectivity index (χ2n) is 4.82. The topological polar surface area (TPSA) is 69.6 Å². The fourth-order valence-electron chi connectivity index (χ4n) is 2.23. The van der Waals surface area contributed by atoms with Gasteiger partial charge >= 0.3 is 6.09 Å². The van der Waals surface area contributed by atoms with E-state index in [0.29, 0.717) is 21.2 Å². The number of carboxylic acid groups (broad SMARTS) is 1. The molecule has 2 aromatic rings.